The fraction of sp³-hybridized carbons (Fsp3) is 0.500. The summed E-state index contributed by atoms with van der Waals surface area (Å²) < 4.78 is 20.9. The maximum absolute atomic E-state index is 10.4. The molecule has 0 saturated heterocycles. The zero-order chi connectivity index (χ0) is 6.20. The molecule has 0 saturated carbocycles. The zero-order valence-electron chi connectivity index (χ0n) is 4.16. The van der Waals surface area contributed by atoms with Crippen LogP contribution in [0.25, 0.3) is 0 Å². The van der Waals surface area contributed by atoms with Crippen LogP contribution in [0.15, 0.2) is 11.2 Å². The molecule has 0 aliphatic carbocycles. The van der Waals surface area contributed by atoms with Crippen molar-refractivity contribution < 1.29 is 13.5 Å². The van der Waals surface area contributed by atoms with E-state index in [0.717, 1.165) is 0 Å². The Bertz CT molecular complexity index is 211. The smallest absolute Gasteiger partial charge is 0.210 e. The third-order valence-corrected chi connectivity index (χ3v) is 2.60. The van der Waals surface area contributed by atoms with Crippen molar-refractivity contribution in [2.45, 2.75) is 6.42 Å². The Kier molecular flexibility index (Phi) is 1.04. The number of hydrogen-bond acceptors (Lipinski definition) is 3. The van der Waals surface area contributed by atoms with E-state index in [0.29, 0.717) is 6.42 Å². The maximum atomic E-state index is 10.4. The van der Waals surface area contributed by atoms with Gasteiger partial charge in [-0.2, -0.15) is 0 Å². The van der Waals surface area contributed by atoms with E-state index in [9.17, 15) is 8.42 Å². The second-order valence-electron chi connectivity index (χ2n) is 1.65. The van der Waals surface area contributed by atoms with Gasteiger partial charge in [0.2, 0.25) is 14.9 Å². The molecule has 0 radical (unpaired) electrons. The van der Waals surface area contributed by atoms with E-state index in [1.807, 2.05) is 0 Å². The van der Waals surface area contributed by atoms with Crippen molar-refractivity contribution >= 4 is 9.84 Å². The molecule has 1 rings (SSSR count). The molecule has 0 spiro atoms. The Morgan fingerprint density at radius 3 is 2.38 bits per heavy atom. The van der Waals surface area contributed by atoms with E-state index >= 15 is 0 Å². The molecule has 1 aliphatic rings. The Morgan fingerprint density at radius 2 is 2.25 bits per heavy atom. The highest BCUT2D eigenvalue weighted by atomic mass is 32.2. The molecule has 8 heavy (non-hydrogen) atoms. The first-order valence-electron chi connectivity index (χ1n) is 2.25. The first-order valence-corrected chi connectivity index (χ1v) is 3.90. The lowest BCUT2D eigenvalue weighted by molar-refractivity contribution is 0.441. The van der Waals surface area contributed by atoms with Gasteiger partial charge in [-0.1, -0.05) is 0 Å². The summed E-state index contributed by atoms with van der Waals surface area (Å²) in [4.78, 5) is 0. The van der Waals surface area contributed by atoms with Crippen molar-refractivity contribution in [3.8, 4) is 0 Å². The number of sulfone groups is 1. The first-order chi connectivity index (χ1) is 3.63. The van der Waals surface area contributed by atoms with Crippen molar-refractivity contribution in [1.29, 1.82) is 0 Å². The lowest BCUT2D eigenvalue weighted by Crippen LogP contribution is -2.00. The second kappa shape index (κ2) is 1.48. The van der Waals surface area contributed by atoms with Crippen molar-refractivity contribution in [1.82, 2.24) is 0 Å². The van der Waals surface area contributed by atoms with Crippen LogP contribution in [0.2, 0.25) is 0 Å². The van der Waals surface area contributed by atoms with Crippen LogP contribution in [0.4, 0.5) is 0 Å². The summed E-state index contributed by atoms with van der Waals surface area (Å²) in [7, 11) is -3.21. The lowest BCUT2D eigenvalue weighted by Gasteiger charge is -1.87. The summed E-state index contributed by atoms with van der Waals surface area (Å²) in [6.07, 6.45) is 1.77. The van der Waals surface area contributed by atoms with Gasteiger partial charge in [0.05, 0.1) is 5.75 Å². The minimum Gasteiger partial charge on any atom is -0.499 e. The Morgan fingerprint density at radius 1 is 1.62 bits per heavy atom. The van der Waals surface area contributed by atoms with Gasteiger partial charge in [-0.05, 0) is 12.5 Å². The van der Waals surface area contributed by atoms with Crippen LogP contribution in [-0.4, -0.2) is 19.3 Å². The van der Waals surface area contributed by atoms with Crippen LogP contribution in [-0.2, 0) is 9.84 Å². The minimum atomic E-state index is -3.21. The summed E-state index contributed by atoms with van der Waals surface area (Å²) >= 11 is 0. The predicted octanol–water partition coefficient (Wildman–Crippen LogP) is 0.204. The molecule has 0 aromatic heterocycles. The first kappa shape index (κ1) is 5.62. The standard InChI is InChI=1S/C4H6O3S/c5-4-2-1-3-8(4,6)7/h2,5H,1,3H2. The monoisotopic (exact) mass is 134 g/mol. The van der Waals surface area contributed by atoms with Gasteiger partial charge in [0.25, 0.3) is 0 Å². The van der Waals surface area contributed by atoms with E-state index in [1.54, 1.807) is 0 Å². The number of hydrogen-bond donors (Lipinski definition) is 1. The fourth-order valence-corrected chi connectivity index (χ4v) is 1.58. The highest BCUT2D eigenvalue weighted by Gasteiger charge is 2.20. The average molecular weight is 134 g/mol. The number of aliphatic hydroxyl groups excluding tert-OH is 1. The molecule has 0 bridgehead atoms. The Balaban J connectivity index is 3.08. The summed E-state index contributed by atoms with van der Waals surface area (Å²) in [6.45, 7) is 0. The van der Waals surface area contributed by atoms with E-state index in [2.05, 4.69) is 0 Å². The van der Waals surface area contributed by atoms with Gasteiger partial charge < -0.3 is 5.11 Å². The van der Waals surface area contributed by atoms with E-state index < -0.39 is 14.9 Å². The highest BCUT2D eigenvalue weighted by molar-refractivity contribution is 7.95. The van der Waals surface area contributed by atoms with Crippen LogP contribution in [0.1, 0.15) is 6.42 Å². The maximum Gasteiger partial charge on any atom is 0.210 e. The predicted molar refractivity (Wildman–Crippen MR) is 29.1 cm³/mol. The lowest BCUT2D eigenvalue weighted by atomic mass is 10.5. The summed E-state index contributed by atoms with van der Waals surface area (Å²) in [5.41, 5.74) is 0. The molecule has 0 unspecified atom stereocenters. The van der Waals surface area contributed by atoms with Crippen LogP contribution in [0, 0.1) is 0 Å². The topological polar surface area (TPSA) is 54.4 Å². The third-order valence-electron chi connectivity index (χ3n) is 1.02. The van der Waals surface area contributed by atoms with Crippen molar-refractivity contribution in [3.63, 3.8) is 0 Å². The van der Waals surface area contributed by atoms with E-state index in [4.69, 9.17) is 5.11 Å². The van der Waals surface area contributed by atoms with Crippen LogP contribution < -0.4 is 0 Å². The SMILES string of the molecule is O=S1(=O)CCC=C1O. The summed E-state index contributed by atoms with van der Waals surface area (Å²) in [6, 6.07) is 0. The van der Waals surface area contributed by atoms with Gasteiger partial charge in [0.1, 0.15) is 0 Å². The van der Waals surface area contributed by atoms with Gasteiger partial charge in [0, 0.05) is 0 Å². The van der Waals surface area contributed by atoms with Gasteiger partial charge in [-0.25, -0.2) is 8.42 Å². The number of aliphatic hydroxyl groups is 1. The zero-order valence-corrected chi connectivity index (χ0v) is 4.98. The molecular weight excluding hydrogens is 128 g/mol. The van der Waals surface area contributed by atoms with Crippen LogP contribution in [0.5, 0.6) is 0 Å². The van der Waals surface area contributed by atoms with Gasteiger partial charge in [-0.3, -0.25) is 0 Å². The minimum absolute atomic E-state index is 0.0683. The molecule has 1 aliphatic heterocycles. The number of allylic oxidation sites excluding steroid dienone is 1. The molecule has 46 valence electrons. The average Bonchev–Trinajstić information content (AvgIpc) is 1.86. The van der Waals surface area contributed by atoms with Crippen LogP contribution in [0.3, 0.4) is 0 Å². The molecule has 1 N–H and O–H groups in total. The Labute approximate surface area is 47.6 Å². The van der Waals surface area contributed by atoms with Crippen molar-refractivity contribution in [3.05, 3.63) is 11.2 Å². The Hall–Kier alpha value is -0.510. The molecule has 0 aromatic carbocycles. The molecule has 3 nitrogen and oxygen atoms in total. The quantitative estimate of drug-likeness (QED) is 0.515. The van der Waals surface area contributed by atoms with E-state index in [1.165, 1.54) is 6.08 Å². The summed E-state index contributed by atoms with van der Waals surface area (Å²) in [5.74, 6) is 0.0683. The molecule has 0 fully saturated rings. The van der Waals surface area contributed by atoms with Crippen molar-refractivity contribution in [2.24, 2.45) is 0 Å². The number of rotatable bonds is 0. The molecule has 0 aromatic rings. The molecular formula is C4H6O3S. The van der Waals surface area contributed by atoms with Gasteiger partial charge in [0.15, 0.2) is 0 Å². The molecule has 4 heteroatoms. The van der Waals surface area contributed by atoms with Gasteiger partial charge in [-0.15, -0.1) is 0 Å². The molecule has 0 amide bonds. The highest BCUT2D eigenvalue weighted by Crippen LogP contribution is 2.13. The molecule has 0 atom stereocenters. The normalized spacial score (nSPS) is 25.2. The van der Waals surface area contributed by atoms with Gasteiger partial charge >= 0.3 is 0 Å². The second-order valence-corrected chi connectivity index (χ2v) is 3.71. The van der Waals surface area contributed by atoms with Crippen LogP contribution >= 0.6 is 0 Å². The van der Waals surface area contributed by atoms with Crippen molar-refractivity contribution in [2.75, 3.05) is 5.75 Å². The summed E-state index contributed by atoms with van der Waals surface area (Å²) in [5, 5.41) is 8.07. The molecule has 1 heterocycles. The fourth-order valence-electron chi connectivity index (χ4n) is 0.569. The third kappa shape index (κ3) is 0.709. The largest absolute Gasteiger partial charge is 0.499 e. The van der Waals surface area contributed by atoms with E-state index in [-0.39, 0.29) is 5.75 Å².